The molecule has 2 N–H and O–H groups in total. The first kappa shape index (κ1) is 16.9. The van der Waals surface area contributed by atoms with Gasteiger partial charge >= 0.3 is 0 Å². The second kappa shape index (κ2) is 12.3. The number of piperazine rings is 1. The highest BCUT2D eigenvalue weighted by Gasteiger charge is 2.03. The molecule has 2 heterocycles. The van der Waals surface area contributed by atoms with Crippen LogP contribution in [0.1, 0.15) is 46.5 Å². The summed E-state index contributed by atoms with van der Waals surface area (Å²) in [6.45, 7) is 12.2. The van der Waals surface area contributed by atoms with Crippen LogP contribution >= 0.6 is 0 Å². The monoisotopic (exact) mass is 243 g/mol. The van der Waals surface area contributed by atoms with Gasteiger partial charge in [-0.2, -0.15) is 0 Å². The van der Waals surface area contributed by atoms with Gasteiger partial charge in [-0.1, -0.05) is 26.7 Å². The van der Waals surface area contributed by atoms with Crippen LogP contribution in [-0.4, -0.2) is 50.7 Å². The Morgan fingerprint density at radius 1 is 0.941 bits per heavy atom. The van der Waals surface area contributed by atoms with E-state index in [9.17, 15) is 0 Å². The number of nitrogens with zero attached hydrogens (tertiary/aromatic N) is 1. The van der Waals surface area contributed by atoms with Crippen molar-refractivity contribution in [3.05, 3.63) is 0 Å². The smallest absolute Gasteiger partial charge is 0.0104 e. The highest BCUT2D eigenvalue weighted by atomic mass is 15.2. The van der Waals surface area contributed by atoms with Gasteiger partial charge in [0.25, 0.3) is 0 Å². The highest BCUT2D eigenvalue weighted by Crippen LogP contribution is 2.06. The maximum atomic E-state index is 3.44. The van der Waals surface area contributed by atoms with Crippen molar-refractivity contribution in [3.63, 3.8) is 0 Å². The Labute approximate surface area is 108 Å². The summed E-state index contributed by atoms with van der Waals surface area (Å²) in [6.07, 6.45) is 5.61. The molecule has 0 aromatic carbocycles. The van der Waals surface area contributed by atoms with Crippen molar-refractivity contribution < 1.29 is 0 Å². The highest BCUT2D eigenvalue weighted by molar-refractivity contribution is 4.64. The standard InChI is InChI=1S/C7H15N.C5H12N2.C2H6/c1-7-5-3-2-4-6-8-7;1-7-4-2-6-3-5-7;1-2/h7-8H,2-6H2,1H3;6H,2-5H2,1H3;1-2H3. The number of rotatable bonds is 0. The van der Waals surface area contributed by atoms with Gasteiger partial charge in [0.05, 0.1) is 0 Å². The van der Waals surface area contributed by atoms with Crippen LogP contribution in [0, 0.1) is 0 Å². The van der Waals surface area contributed by atoms with E-state index in [4.69, 9.17) is 0 Å². The zero-order chi connectivity index (χ0) is 12.9. The average molecular weight is 243 g/mol. The molecule has 2 aliphatic heterocycles. The van der Waals surface area contributed by atoms with E-state index in [1.165, 1.54) is 45.3 Å². The van der Waals surface area contributed by atoms with E-state index >= 15 is 0 Å². The predicted molar refractivity (Wildman–Crippen MR) is 77.6 cm³/mol. The molecule has 0 aromatic heterocycles. The number of nitrogens with one attached hydrogen (secondary N) is 2. The van der Waals surface area contributed by atoms with Crippen molar-refractivity contribution >= 4 is 0 Å². The number of hydrogen-bond acceptors (Lipinski definition) is 3. The van der Waals surface area contributed by atoms with Gasteiger partial charge in [-0.15, -0.1) is 0 Å². The van der Waals surface area contributed by atoms with Crippen molar-refractivity contribution in [2.45, 2.75) is 52.5 Å². The molecule has 0 spiro atoms. The van der Waals surface area contributed by atoms with Gasteiger partial charge in [0.2, 0.25) is 0 Å². The van der Waals surface area contributed by atoms with Gasteiger partial charge in [-0.05, 0) is 33.4 Å². The minimum atomic E-state index is 0.775. The Morgan fingerprint density at radius 3 is 2.12 bits per heavy atom. The van der Waals surface area contributed by atoms with Crippen LogP contribution in [0.4, 0.5) is 0 Å². The maximum absolute atomic E-state index is 3.44. The van der Waals surface area contributed by atoms with Crippen molar-refractivity contribution in [2.75, 3.05) is 39.8 Å². The van der Waals surface area contributed by atoms with E-state index in [0.717, 1.165) is 19.1 Å². The third-order valence-corrected chi connectivity index (χ3v) is 3.15. The lowest BCUT2D eigenvalue weighted by atomic mass is 10.1. The zero-order valence-electron chi connectivity index (χ0n) is 12.4. The van der Waals surface area contributed by atoms with Crippen molar-refractivity contribution in [1.82, 2.24) is 15.5 Å². The molecule has 2 fully saturated rings. The molecule has 104 valence electrons. The minimum absolute atomic E-state index is 0.775. The molecule has 1 unspecified atom stereocenters. The average Bonchev–Trinajstić information content (AvgIpc) is 2.61. The summed E-state index contributed by atoms with van der Waals surface area (Å²) in [5.74, 6) is 0. The molecule has 0 bridgehead atoms. The third kappa shape index (κ3) is 10.7. The molecule has 0 aliphatic carbocycles. The lowest BCUT2D eigenvalue weighted by Gasteiger charge is -2.21. The van der Waals surface area contributed by atoms with E-state index in [1.807, 2.05) is 13.8 Å². The SMILES string of the molecule is CC.CC1CCCCCN1.CN1CCNCC1. The molecule has 0 amide bonds. The first-order chi connectivity index (χ1) is 8.29. The van der Waals surface area contributed by atoms with Crippen LogP contribution in [0.5, 0.6) is 0 Å². The Balaban J connectivity index is 0.000000265. The fourth-order valence-corrected chi connectivity index (χ4v) is 1.98. The summed E-state index contributed by atoms with van der Waals surface area (Å²) >= 11 is 0. The molecule has 3 heteroatoms. The van der Waals surface area contributed by atoms with E-state index in [0.29, 0.717) is 0 Å². The molecule has 0 saturated carbocycles. The first-order valence-electron chi connectivity index (χ1n) is 7.41. The van der Waals surface area contributed by atoms with Crippen LogP contribution in [0.3, 0.4) is 0 Å². The molecule has 2 aliphatic rings. The second-order valence-corrected chi connectivity index (χ2v) is 4.76. The summed E-state index contributed by atoms with van der Waals surface area (Å²) in [5, 5.41) is 6.72. The number of hydrogen-bond donors (Lipinski definition) is 2. The molecule has 2 saturated heterocycles. The number of likely N-dealkylation sites (N-methyl/N-ethyl adjacent to an activating group) is 1. The summed E-state index contributed by atoms with van der Waals surface area (Å²) in [5.41, 5.74) is 0. The van der Waals surface area contributed by atoms with Gasteiger partial charge < -0.3 is 15.5 Å². The van der Waals surface area contributed by atoms with Gasteiger partial charge in [-0.25, -0.2) is 0 Å². The van der Waals surface area contributed by atoms with E-state index in [2.05, 4.69) is 29.5 Å². The normalized spacial score (nSPS) is 25.8. The topological polar surface area (TPSA) is 27.3 Å². The fraction of sp³-hybridized carbons (Fsp3) is 1.00. The molecular formula is C14H33N3. The van der Waals surface area contributed by atoms with Crippen LogP contribution < -0.4 is 10.6 Å². The van der Waals surface area contributed by atoms with Crippen LogP contribution in [0.15, 0.2) is 0 Å². The first-order valence-corrected chi connectivity index (χ1v) is 7.41. The molecule has 17 heavy (non-hydrogen) atoms. The molecule has 0 aromatic rings. The quantitative estimate of drug-likeness (QED) is 0.682. The summed E-state index contributed by atoms with van der Waals surface area (Å²) in [7, 11) is 2.15. The van der Waals surface area contributed by atoms with Crippen molar-refractivity contribution in [2.24, 2.45) is 0 Å². The molecule has 1 atom stereocenters. The molecule has 2 rings (SSSR count). The van der Waals surface area contributed by atoms with Gasteiger partial charge in [0, 0.05) is 32.2 Å². The van der Waals surface area contributed by atoms with Crippen LogP contribution in [0.25, 0.3) is 0 Å². The predicted octanol–water partition coefficient (Wildman–Crippen LogP) is 2.09. The Morgan fingerprint density at radius 2 is 1.59 bits per heavy atom. The Bertz CT molecular complexity index is 136. The lowest BCUT2D eigenvalue weighted by molar-refractivity contribution is 0.291. The van der Waals surface area contributed by atoms with Gasteiger partial charge in [-0.3, -0.25) is 0 Å². The largest absolute Gasteiger partial charge is 0.314 e. The molecular weight excluding hydrogens is 210 g/mol. The molecule has 3 nitrogen and oxygen atoms in total. The minimum Gasteiger partial charge on any atom is -0.314 e. The zero-order valence-corrected chi connectivity index (χ0v) is 12.4. The van der Waals surface area contributed by atoms with Crippen LogP contribution in [0.2, 0.25) is 0 Å². The van der Waals surface area contributed by atoms with Crippen molar-refractivity contribution in [1.29, 1.82) is 0 Å². The van der Waals surface area contributed by atoms with Gasteiger partial charge in [0.15, 0.2) is 0 Å². The summed E-state index contributed by atoms with van der Waals surface area (Å²) < 4.78 is 0. The Hall–Kier alpha value is -0.120. The lowest BCUT2D eigenvalue weighted by Crippen LogP contribution is -2.40. The van der Waals surface area contributed by atoms with E-state index in [1.54, 1.807) is 0 Å². The van der Waals surface area contributed by atoms with E-state index in [-0.39, 0.29) is 0 Å². The van der Waals surface area contributed by atoms with Gasteiger partial charge in [0.1, 0.15) is 0 Å². The van der Waals surface area contributed by atoms with Crippen LogP contribution in [-0.2, 0) is 0 Å². The van der Waals surface area contributed by atoms with E-state index < -0.39 is 0 Å². The fourth-order valence-electron chi connectivity index (χ4n) is 1.98. The molecule has 0 radical (unpaired) electrons. The summed E-state index contributed by atoms with van der Waals surface area (Å²) in [4.78, 5) is 2.33. The Kier molecular flexibility index (Phi) is 12.3. The second-order valence-electron chi connectivity index (χ2n) is 4.76. The van der Waals surface area contributed by atoms with Crippen molar-refractivity contribution in [3.8, 4) is 0 Å². The maximum Gasteiger partial charge on any atom is 0.0104 e. The third-order valence-electron chi connectivity index (χ3n) is 3.15. The summed E-state index contributed by atoms with van der Waals surface area (Å²) in [6, 6.07) is 0.775.